The van der Waals surface area contributed by atoms with Gasteiger partial charge >= 0.3 is 12.1 Å². The molecule has 300 valence electrons. The fourth-order valence-corrected chi connectivity index (χ4v) is 10.0. The van der Waals surface area contributed by atoms with Crippen LogP contribution in [-0.2, 0) is 44.6 Å². The highest BCUT2D eigenvalue weighted by atomic mass is 19.1. The number of esters is 1. The second kappa shape index (κ2) is 16.1. The molecule has 15 nitrogen and oxygen atoms in total. The maximum Gasteiger partial charge on any atom is 0.514 e. The molecule has 4 aliphatic carbocycles. The van der Waals surface area contributed by atoms with E-state index in [2.05, 4.69) is 4.84 Å². The number of aliphatic hydroxyl groups excluding tert-OH is 1. The van der Waals surface area contributed by atoms with Crippen molar-refractivity contribution < 1.29 is 62.3 Å². The van der Waals surface area contributed by atoms with Crippen LogP contribution in [0.3, 0.4) is 0 Å². The summed E-state index contributed by atoms with van der Waals surface area (Å²) in [5.41, 5.74) is 3.56. The van der Waals surface area contributed by atoms with Crippen molar-refractivity contribution in [3.05, 3.63) is 63.7 Å². The third-order valence-electron chi connectivity index (χ3n) is 12.4. The highest BCUT2D eigenvalue weighted by Crippen LogP contribution is 2.70. The second-order valence-corrected chi connectivity index (χ2v) is 15.7. The summed E-state index contributed by atoms with van der Waals surface area (Å²) < 4.78 is 44.7. The van der Waals surface area contributed by atoms with Gasteiger partial charge in [-0.15, -0.1) is 10.1 Å². The van der Waals surface area contributed by atoms with E-state index < -0.39 is 82.7 Å². The summed E-state index contributed by atoms with van der Waals surface area (Å²) in [5.74, 6) is -2.36. The van der Waals surface area contributed by atoms with Gasteiger partial charge in [-0.25, -0.2) is 9.18 Å². The zero-order valence-electron chi connectivity index (χ0n) is 31.2. The molecular formula is C39H49FN2O13. The number of halogens is 1. The average molecular weight is 773 g/mol. The van der Waals surface area contributed by atoms with Crippen LogP contribution < -0.4 is 10.5 Å². The first kappa shape index (κ1) is 40.4. The van der Waals surface area contributed by atoms with E-state index in [1.807, 2.05) is 20.8 Å². The normalized spacial score (nSPS) is 35.0. The number of benzene rings is 1. The van der Waals surface area contributed by atoms with Crippen LogP contribution in [-0.4, -0.2) is 90.0 Å². The Hall–Kier alpha value is -4.25. The van der Waals surface area contributed by atoms with Gasteiger partial charge in [0.2, 0.25) is 5.78 Å². The largest absolute Gasteiger partial charge is 0.514 e. The molecule has 3 saturated carbocycles. The zero-order valence-corrected chi connectivity index (χ0v) is 31.2. The van der Waals surface area contributed by atoms with Crippen molar-refractivity contribution in [1.82, 2.24) is 0 Å². The monoisotopic (exact) mass is 772 g/mol. The van der Waals surface area contributed by atoms with Crippen LogP contribution in [0.4, 0.5) is 9.18 Å². The first-order valence-electron chi connectivity index (χ1n) is 18.9. The first-order chi connectivity index (χ1) is 26.1. The number of ether oxygens (including phenoxy) is 5. The lowest BCUT2D eigenvalue weighted by Crippen LogP contribution is -2.64. The number of alkyl halides is 1. The fourth-order valence-electron chi connectivity index (χ4n) is 10.0. The average Bonchev–Trinajstić information content (AvgIpc) is 3.61. The molecule has 55 heavy (non-hydrogen) atoms. The minimum atomic E-state index is -1.57. The molecule has 0 radical (unpaired) electrons. The Balaban J connectivity index is 1.08. The van der Waals surface area contributed by atoms with Crippen molar-refractivity contribution in [2.45, 2.75) is 108 Å². The summed E-state index contributed by atoms with van der Waals surface area (Å²) in [4.78, 5) is 66.1. The highest BCUT2D eigenvalue weighted by Gasteiger charge is 2.76. The van der Waals surface area contributed by atoms with E-state index in [0.29, 0.717) is 36.8 Å². The lowest BCUT2D eigenvalue weighted by molar-refractivity contribution is -0.757. The van der Waals surface area contributed by atoms with Gasteiger partial charge in [-0.2, -0.15) is 0 Å². The SMILES string of the molecule is CCCC1O[C@@H]2C[C@H]3[C@@H]4C[C@H](F)C5=CC(=O)C=C[C@]5(C)[C@H]4[C@@H](O)C[C@]3(C)[C@@]2(C(=O)COC(=O)Oc2ccc(CC(N)C(=O)OCCCCO[N+](=O)[O-])cc2)O1. The number of allylic oxidation sites excluding steroid dienone is 4. The van der Waals surface area contributed by atoms with E-state index in [1.165, 1.54) is 24.3 Å². The molecule has 6 rings (SSSR count). The van der Waals surface area contributed by atoms with Gasteiger partial charge in [0.1, 0.15) is 18.0 Å². The number of ketones is 2. The van der Waals surface area contributed by atoms with E-state index >= 15 is 4.39 Å². The van der Waals surface area contributed by atoms with Gasteiger partial charge in [0.15, 0.2) is 24.3 Å². The lowest BCUT2D eigenvalue weighted by atomic mass is 9.46. The number of fused-ring (bicyclic) bond motifs is 7. The van der Waals surface area contributed by atoms with E-state index in [-0.39, 0.29) is 55.8 Å². The number of nitrogens with two attached hydrogens (primary N) is 1. The van der Waals surface area contributed by atoms with Crippen molar-refractivity contribution in [1.29, 1.82) is 0 Å². The Morgan fingerprint density at radius 2 is 1.85 bits per heavy atom. The number of unbranched alkanes of at least 4 members (excludes halogenated alkanes) is 1. The quantitative estimate of drug-likeness (QED) is 0.0837. The van der Waals surface area contributed by atoms with Gasteiger partial charge in [0, 0.05) is 16.7 Å². The van der Waals surface area contributed by atoms with Crippen molar-refractivity contribution in [2.24, 2.45) is 34.3 Å². The number of rotatable bonds is 15. The van der Waals surface area contributed by atoms with Crippen LogP contribution in [0.5, 0.6) is 5.75 Å². The van der Waals surface area contributed by atoms with Gasteiger partial charge < -0.3 is 39.4 Å². The molecule has 0 amide bonds. The summed E-state index contributed by atoms with van der Waals surface area (Å²) in [6.07, 6.45) is 2.32. The Kier molecular flexibility index (Phi) is 11.8. The molecule has 0 bridgehead atoms. The number of nitrogens with zero attached hydrogens (tertiary/aromatic N) is 1. The van der Waals surface area contributed by atoms with Crippen LogP contribution in [0.25, 0.3) is 0 Å². The van der Waals surface area contributed by atoms with E-state index in [9.17, 15) is 34.4 Å². The van der Waals surface area contributed by atoms with E-state index in [1.54, 1.807) is 18.2 Å². The second-order valence-electron chi connectivity index (χ2n) is 15.7. The molecule has 1 aromatic carbocycles. The van der Waals surface area contributed by atoms with Crippen LogP contribution in [0.1, 0.15) is 71.3 Å². The van der Waals surface area contributed by atoms with Crippen LogP contribution >= 0.6 is 0 Å². The number of carbonyl (C=O) groups excluding carboxylic acids is 4. The fraction of sp³-hybridized carbons (Fsp3) is 0.641. The molecule has 4 fully saturated rings. The van der Waals surface area contributed by atoms with Crippen LogP contribution in [0.15, 0.2) is 48.1 Å². The third-order valence-corrected chi connectivity index (χ3v) is 12.4. The summed E-state index contributed by atoms with van der Waals surface area (Å²) in [6, 6.07) is 5.19. The van der Waals surface area contributed by atoms with Crippen LogP contribution in [0, 0.1) is 38.7 Å². The molecule has 1 aromatic rings. The smallest absolute Gasteiger partial charge is 0.465 e. The Morgan fingerprint density at radius 3 is 2.56 bits per heavy atom. The van der Waals surface area contributed by atoms with E-state index in [4.69, 9.17) is 29.4 Å². The number of carbonyl (C=O) groups is 4. The summed E-state index contributed by atoms with van der Waals surface area (Å²) in [7, 11) is 0. The number of hydrogen-bond acceptors (Lipinski definition) is 14. The lowest BCUT2D eigenvalue weighted by Gasteiger charge is -2.60. The minimum Gasteiger partial charge on any atom is -0.465 e. The molecule has 2 unspecified atom stereocenters. The van der Waals surface area contributed by atoms with Gasteiger partial charge in [0.05, 0.1) is 25.4 Å². The van der Waals surface area contributed by atoms with Crippen molar-refractivity contribution in [3.8, 4) is 5.75 Å². The van der Waals surface area contributed by atoms with Gasteiger partial charge in [-0.3, -0.25) is 14.4 Å². The molecule has 16 heteroatoms. The highest BCUT2D eigenvalue weighted by molar-refractivity contribution is 6.01. The number of Topliss-reactive ketones (excluding diaryl/α,β-unsaturated/α-hetero) is 1. The summed E-state index contributed by atoms with van der Waals surface area (Å²) >= 11 is 0. The van der Waals surface area contributed by atoms with Crippen LogP contribution in [0.2, 0.25) is 0 Å². The third kappa shape index (κ3) is 7.65. The zero-order chi connectivity index (χ0) is 39.7. The topological polar surface area (TPSA) is 213 Å². The van der Waals surface area contributed by atoms with Crippen molar-refractivity contribution in [3.63, 3.8) is 0 Å². The summed E-state index contributed by atoms with van der Waals surface area (Å²) in [5, 5.41) is 21.2. The predicted octanol–water partition coefficient (Wildman–Crippen LogP) is 4.29. The molecular weight excluding hydrogens is 723 g/mol. The summed E-state index contributed by atoms with van der Waals surface area (Å²) in [6.45, 7) is 4.96. The van der Waals surface area contributed by atoms with Crippen molar-refractivity contribution in [2.75, 3.05) is 19.8 Å². The maximum atomic E-state index is 15.9. The molecule has 1 aliphatic heterocycles. The van der Waals surface area contributed by atoms with Gasteiger partial charge in [-0.05, 0) is 92.2 Å². The molecule has 3 N–H and O–H groups in total. The maximum absolute atomic E-state index is 15.9. The molecule has 0 spiro atoms. The Labute approximate surface area is 317 Å². The minimum absolute atomic E-state index is 0.0352. The van der Waals surface area contributed by atoms with E-state index in [0.717, 1.165) is 6.42 Å². The standard InChI is InChI=1S/C39H49FN2O13/c1-4-7-33-54-32-19-26-25-18-28(40)27-17-23(43)12-13-37(27,2)34(25)30(44)20-38(26,3)39(32,55-33)31(45)21-51-36(47)53-24-10-8-22(9-11-24)16-29(41)35(46)50-14-5-6-15-52-42(48)49/h8-13,17,25-26,28-30,32-34,44H,4-7,14-16,18-21,41H2,1-3H3/t25-,26-,28-,29?,30-,32+,33?,34+,37-,38-,39-/m0/s1. The Bertz CT molecular complexity index is 1720. The van der Waals surface area contributed by atoms with Crippen molar-refractivity contribution >= 4 is 23.7 Å². The molecule has 1 saturated heterocycles. The number of hydrogen-bond donors (Lipinski definition) is 2. The molecule has 1 heterocycles. The molecule has 5 aliphatic rings. The molecule has 0 aromatic heterocycles. The number of aliphatic hydroxyl groups is 1. The predicted molar refractivity (Wildman–Crippen MR) is 189 cm³/mol. The Morgan fingerprint density at radius 1 is 1.13 bits per heavy atom. The van der Waals surface area contributed by atoms with Gasteiger partial charge in [0.25, 0.3) is 5.09 Å². The molecule has 11 atom stereocenters. The van der Waals surface area contributed by atoms with Gasteiger partial charge in [-0.1, -0.05) is 45.4 Å². The first-order valence-corrected chi connectivity index (χ1v) is 18.9.